The van der Waals surface area contributed by atoms with Gasteiger partial charge in [0.1, 0.15) is 0 Å². The van der Waals surface area contributed by atoms with E-state index in [0.717, 1.165) is 36.6 Å². The normalized spacial score (nSPS) is 11.4. The Balaban J connectivity index is 1.69. The van der Waals surface area contributed by atoms with Gasteiger partial charge in [-0.1, -0.05) is 0 Å². The van der Waals surface area contributed by atoms with Crippen molar-refractivity contribution in [3.63, 3.8) is 0 Å². The Morgan fingerprint density at radius 3 is 2.60 bits per heavy atom. The van der Waals surface area contributed by atoms with Crippen molar-refractivity contribution in [3.05, 3.63) is 33.0 Å². The molecule has 0 atom stereocenters. The summed E-state index contributed by atoms with van der Waals surface area (Å²) in [6.07, 6.45) is 3.33. The molecule has 0 bridgehead atoms. The molecule has 2 heterocycles. The second-order valence-corrected chi connectivity index (χ2v) is 6.49. The number of hydrogen-bond donors (Lipinski definition) is 1. The fraction of sp³-hybridized carbons (Fsp3) is 0.600. The van der Waals surface area contributed by atoms with Gasteiger partial charge in [0.05, 0.1) is 16.4 Å². The standard InChI is InChI=1S/C15H24N4S/c1-11-15(12(2)18-17-11)6-5-8-19(4)9-7-14-10-20-13(3)16-14/h10H,5-9H2,1-4H3,(H,17,18). The molecule has 0 fully saturated rings. The third-order valence-corrected chi connectivity index (χ3v) is 4.49. The highest BCUT2D eigenvalue weighted by Gasteiger charge is 2.07. The number of likely N-dealkylation sites (N-methyl/N-ethyl adjacent to an activating group) is 1. The van der Waals surface area contributed by atoms with E-state index in [0.29, 0.717) is 0 Å². The van der Waals surface area contributed by atoms with Crippen LogP contribution >= 0.6 is 11.3 Å². The third kappa shape index (κ3) is 4.15. The molecular weight excluding hydrogens is 268 g/mol. The zero-order valence-electron chi connectivity index (χ0n) is 12.9. The van der Waals surface area contributed by atoms with Crippen LogP contribution in [-0.4, -0.2) is 40.2 Å². The van der Waals surface area contributed by atoms with E-state index in [-0.39, 0.29) is 0 Å². The number of nitrogens with zero attached hydrogens (tertiary/aromatic N) is 3. The van der Waals surface area contributed by atoms with Gasteiger partial charge in [0.2, 0.25) is 0 Å². The molecule has 110 valence electrons. The fourth-order valence-electron chi connectivity index (χ4n) is 2.41. The fourth-order valence-corrected chi connectivity index (χ4v) is 3.06. The van der Waals surface area contributed by atoms with Gasteiger partial charge in [-0.3, -0.25) is 5.10 Å². The lowest BCUT2D eigenvalue weighted by molar-refractivity contribution is 0.332. The van der Waals surface area contributed by atoms with Crippen molar-refractivity contribution in [1.29, 1.82) is 0 Å². The van der Waals surface area contributed by atoms with Crippen LogP contribution in [0.3, 0.4) is 0 Å². The summed E-state index contributed by atoms with van der Waals surface area (Å²) in [4.78, 5) is 6.89. The summed E-state index contributed by atoms with van der Waals surface area (Å²) in [6, 6.07) is 0. The van der Waals surface area contributed by atoms with E-state index in [1.54, 1.807) is 11.3 Å². The van der Waals surface area contributed by atoms with Crippen LogP contribution in [0.25, 0.3) is 0 Å². The van der Waals surface area contributed by atoms with Gasteiger partial charge in [-0.15, -0.1) is 11.3 Å². The zero-order chi connectivity index (χ0) is 14.5. The Morgan fingerprint density at radius 1 is 1.20 bits per heavy atom. The lowest BCUT2D eigenvalue weighted by Crippen LogP contribution is -2.23. The summed E-state index contributed by atoms with van der Waals surface area (Å²) in [7, 11) is 2.19. The topological polar surface area (TPSA) is 44.8 Å². The van der Waals surface area contributed by atoms with Gasteiger partial charge < -0.3 is 4.90 Å². The number of rotatable bonds is 7. The maximum Gasteiger partial charge on any atom is 0.0897 e. The van der Waals surface area contributed by atoms with E-state index in [4.69, 9.17) is 0 Å². The Kier molecular flexibility index (Phi) is 5.31. The highest BCUT2D eigenvalue weighted by molar-refractivity contribution is 7.09. The molecule has 0 spiro atoms. The van der Waals surface area contributed by atoms with E-state index in [1.807, 2.05) is 0 Å². The molecule has 0 amide bonds. The first-order chi connectivity index (χ1) is 9.56. The summed E-state index contributed by atoms with van der Waals surface area (Å²) in [6.45, 7) is 8.43. The van der Waals surface area contributed by atoms with E-state index >= 15 is 0 Å². The van der Waals surface area contributed by atoms with Crippen LogP contribution in [0.4, 0.5) is 0 Å². The molecule has 0 saturated carbocycles. The van der Waals surface area contributed by atoms with Crippen LogP contribution in [0, 0.1) is 20.8 Å². The van der Waals surface area contributed by atoms with Crippen molar-refractivity contribution in [3.8, 4) is 0 Å². The van der Waals surface area contributed by atoms with Gasteiger partial charge in [-0.05, 0) is 52.8 Å². The summed E-state index contributed by atoms with van der Waals surface area (Å²) in [5.41, 5.74) is 4.96. The Bertz CT molecular complexity index is 524. The highest BCUT2D eigenvalue weighted by atomic mass is 32.1. The predicted octanol–water partition coefficient (Wildman–Crippen LogP) is 2.90. The predicted molar refractivity (Wildman–Crippen MR) is 84.4 cm³/mol. The first-order valence-electron chi connectivity index (χ1n) is 7.16. The first kappa shape index (κ1) is 15.2. The number of aromatic nitrogens is 3. The van der Waals surface area contributed by atoms with E-state index in [9.17, 15) is 0 Å². The van der Waals surface area contributed by atoms with Gasteiger partial charge >= 0.3 is 0 Å². The number of nitrogens with one attached hydrogen (secondary N) is 1. The zero-order valence-corrected chi connectivity index (χ0v) is 13.7. The van der Waals surface area contributed by atoms with Crippen molar-refractivity contribution < 1.29 is 0 Å². The SMILES string of the molecule is Cc1nc(CCN(C)CCCc2c(C)n[nH]c2C)cs1. The molecule has 0 aliphatic carbocycles. The van der Waals surface area contributed by atoms with E-state index < -0.39 is 0 Å². The van der Waals surface area contributed by atoms with Gasteiger partial charge in [0, 0.05) is 24.0 Å². The lowest BCUT2D eigenvalue weighted by Gasteiger charge is -2.15. The minimum atomic E-state index is 1.05. The molecule has 2 aromatic rings. The smallest absolute Gasteiger partial charge is 0.0897 e. The van der Waals surface area contributed by atoms with Crippen molar-refractivity contribution in [2.24, 2.45) is 0 Å². The molecule has 5 heteroatoms. The molecule has 2 aromatic heterocycles. The molecule has 0 radical (unpaired) electrons. The van der Waals surface area contributed by atoms with Crippen LogP contribution in [0.1, 0.15) is 34.1 Å². The van der Waals surface area contributed by atoms with Crippen LogP contribution < -0.4 is 0 Å². The van der Waals surface area contributed by atoms with Crippen LogP contribution in [0.2, 0.25) is 0 Å². The Labute approximate surface area is 125 Å². The summed E-state index contributed by atoms with van der Waals surface area (Å²) < 4.78 is 0. The molecule has 0 saturated heterocycles. The van der Waals surface area contributed by atoms with Crippen molar-refractivity contribution in [2.45, 2.75) is 40.0 Å². The monoisotopic (exact) mass is 292 g/mol. The molecule has 0 aliphatic rings. The maximum atomic E-state index is 4.51. The van der Waals surface area contributed by atoms with Crippen molar-refractivity contribution in [2.75, 3.05) is 20.1 Å². The largest absolute Gasteiger partial charge is 0.306 e. The summed E-state index contributed by atoms with van der Waals surface area (Å²) >= 11 is 1.74. The molecule has 0 unspecified atom stereocenters. The number of thiazole rings is 1. The van der Waals surface area contributed by atoms with Gasteiger partial charge in [0.25, 0.3) is 0 Å². The van der Waals surface area contributed by atoms with Crippen LogP contribution in [-0.2, 0) is 12.8 Å². The van der Waals surface area contributed by atoms with E-state index in [1.165, 1.54) is 23.4 Å². The summed E-state index contributed by atoms with van der Waals surface area (Å²) in [5, 5.41) is 10.6. The molecule has 4 nitrogen and oxygen atoms in total. The van der Waals surface area contributed by atoms with Gasteiger partial charge in [0.15, 0.2) is 0 Å². The molecule has 0 aromatic carbocycles. The number of H-pyrrole nitrogens is 1. The molecule has 2 rings (SSSR count). The van der Waals surface area contributed by atoms with Gasteiger partial charge in [-0.25, -0.2) is 4.98 Å². The third-order valence-electron chi connectivity index (χ3n) is 3.66. The highest BCUT2D eigenvalue weighted by Crippen LogP contribution is 2.12. The minimum absolute atomic E-state index is 1.05. The number of hydrogen-bond acceptors (Lipinski definition) is 4. The second-order valence-electron chi connectivity index (χ2n) is 5.43. The summed E-state index contributed by atoms with van der Waals surface area (Å²) in [5.74, 6) is 0. The van der Waals surface area contributed by atoms with Crippen LogP contribution in [0.5, 0.6) is 0 Å². The average molecular weight is 292 g/mol. The van der Waals surface area contributed by atoms with Crippen molar-refractivity contribution >= 4 is 11.3 Å². The quantitative estimate of drug-likeness (QED) is 0.853. The lowest BCUT2D eigenvalue weighted by atomic mass is 10.1. The molecule has 0 aliphatic heterocycles. The minimum Gasteiger partial charge on any atom is -0.306 e. The maximum absolute atomic E-state index is 4.51. The number of aromatic amines is 1. The molecule has 20 heavy (non-hydrogen) atoms. The van der Waals surface area contributed by atoms with E-state index in [2.05, 4.69) is 53.3 Å². The first-order valence-corrected chi connectivity index (χ1v) is 8.04. The molecular formula is C15H24N4S. The Morgan fingerprint density at radius 2 is 2.00 bits per heavy atom. The second kappa shape index (κ2) is 6.99. The van der Waals surface area contributed by atoms with Gasteiger partial charge in [-0.2, -0.15) is 5.10 Å². The molecule has 1 N–H and O–H groups in total. The number of aryl methyl sites for hydroxylation is 3. The average Bonchev–Trinajstić information content (AvgIpc) is 2.96. The Hall–Kier alpha value is -1.20. The van der Waals surface area contributed by atoms with Crippen LogP contribution in [0.15, 0.2) is 5.38 Å². The van der Waals surface area contributed by atoms with Crippen molar-refractivity contribution in [1.82, 2.24) is 20.1 Å².